The molecular weight excluding hydrogens is 721 g/mol. The van der Waals surface area contributed by atoms with Crippen molar-refractivity contribution in [1.29, 1.82) is 0 Å². The zero-order valence-corrected chi connectivity index (χ0v) is 33.6. The third-order valence-electron chi connectivity index (χ3n) is 11.2. The van der Waals surface area contributed by atoms with E-state index in [2.05, 4.69) is 28.7 Å². The molecule has 3 heterocycles. The molecule has 1 aromatic carbocycles. The van der Waals surface area contributed by atoms with Gasteiger partial charge in [-0.05, 0) is 37.3 Å². The van der Waals surface area contributed by atoms with Crippen molar-refractivity contribution in [1.82, 2.24) is 14.6 Å². The van der Waals surface area contributed by atoms with Gasteiger partial charge in [-0.2, -0.15) is 5.10 Å². The average molecular weight is 786 g/mol. The highest BCUT2D eigenvalue weighted by Gasteiger charge is 2.61. The number of ether oxygens (including phenoxy) is 2. The van der Waals surface area contributed by atoms with E-state index >= 15 is 0 Å². The number of hydrogen-bond donors (Lipinski definition) is 4. The van der Waals surface area contributed by atoms with Gasteiger partial charge in [0.1, 0.15) is 35.8 Å². The number of nitrogens with zero attached hydrogens (tertiary/aromatic N) is 4. The van der Waals surface area contributed by atoms with Crippen molar-refractivity contribution in [3.8, 4) is 0 Å². The van der Waals surface area contributed by atoms with Crippen LogP contribution in [0.2, 0.25) is 0 Å². The standard InChI is InChI=1S/C41H64N5O8P/c1-3-4-5-6-7-8-9-10-11-12-13-14-15-16-17-21-26-51-30-40(27-33(40)32-22-19-18-20-23-32)54-55(49,50)52-28-35-37(47)38(48)41(53-35,29-43-2)36-25-24-34-39(42)44-31-45-46(34)36/h18-20,22-25,31,33,35,37-38,47-48H,2-17,21,26-30H2,1H3,(H,49,50)(H2,42,44,45)/t33?,35-,37-,38-,40?,41+/m1/s1. The number of hydrogen-bond acceptors (Lipinski definition) is 11. The zero-order chi connectivity index (χ0) is 39.2. The maximum Gasteiger partial charge on any atom is 0.472 e. The predicted octanol–water partition coefficient (Wildman–Crippen LogP) is 7.67. The van der Waals surface area contributed by atoms with Crippen molar-refractivity contribution >= 4 is 25.9 Å². The van der Waals surface area contributed by atoms with E-state index in [1.807, 2.05) is 30.3 Å². The van der Waals surface area contributed by atoms with Crippen LogP contribution >= 0.6 is 7.82 Å². The van der Waals surface area contributed by atoms with Gasteiger partial charge < -0.3 is 30.3 Å². The first-order chi connectivity index (χ1) is 26.7. The second-order valence-corrected chi connectivity index (χ2v) is 16.8. The van der Waals surface area contributed by atoms with Crippen molar-refractivity contribution in [2.24, 2.45) is 4.99 Å². The molecule has 5 N–H and O–H groups in total. The lowest BCUT2D eigenvalue weighted by Gasteiger charge is -2.30. The fourth-order valence-corrected chi connectivity index (χ4v) is 9.09. The van der Waals surface area contributed by atoms with Crippen LogP contribution in [0.5, 0.6) is 0 Å². The smallest absolute Gasteiger partial charge is 0.387 e. The molecule has 3 aromatic rings. The first-order valence-corrected chi connectivity index (χ1v) is 22.0. The van der Waals surface area contributed by atoms with Crippen molar-refractivity contribution in [2.75, 3.05) is 32.1 Å². The van der Waals surface area contributed by atoms with Crippen LogP contribution in [0.3, 0.4) is 0 Å². The number of unbranched alkanes of at least 4 members (excludes halogenated alkanes) is 15. The summed E-state index contributed by atoms with van der Waals surface area (Å²) in [6.45, 7) is 5.81. The molecule has 1 aliphatic carbocycles. The number of rotatable bonds is 28. The molecule has 1 saturated carbocycles. The van der Waals surface area contributed by atoms with Crippen molar-refractivity contribution in [3.05, 3.63) is 60.0 Å². The summed E-state index contributed by atoms with van der Waals surface area (Å²) in [5.41, 5.74) is 5.17. The van der Waals surface area contributed by atoms with E-state index in [9.17, 15) is 19.7 Å². The summed E-state index contributed by atoms with van der Waals surface area (Å²) in [6.07, 6.45) is 18.2. The van der Waals surface area contributed by atoms with E-state index in [1.54, 1.807) is 12.1 Å². The summed E-state index contributed by atoms with van der Waals surface area (Å²) in [5.74, 6) is 0.0631. The lowest BCUT2D eigenvalue weighted by Crippen LogP contribution is -2.44. The molecular formula is C41H64N5O8P. The molecule has 7 atom stereocenters. The molecule has 0 bridgehead atoms. The summed E-state index contributed by atoms with van der Waals surface area (Å²) in [5, 5.41) is 26.6. The van der Waals surface area contributed by atoms with Crippen LogP contribution in [0.15, 0.2) is 53.8 Å². The van der Waals surface area contributed by atoms with E-state index in [4.69, 9.17) is 24.3 Å². The molecule has 5 rings (SSSR count). The molecule has 2 aliphatic rings. The van der Waals surface area contributed by atoms with Crippen LogP contribution in [0.1, 0.15) is 133 Å². The normalized spacial score (nSPS) is 26.0. The number of fused-ring (bicyclic) bond motifs is 1. The zero-order valence-electron chi connectivity index (χ0n) is 32.7. The van der Waals surface area contributed by atoms with Crippen LogP contribution in [0.4, 0.5) is 5.82 Å². The van der Waals surface area contributed by atoms with E-state index in [0.29, 0.717) is 24.2 Å². The largest absolute Gasteiger partial charge is 0.472 e. The minimum absolute atomic E-state index is 0.140. The number of anilines is 1. The summed E-state index contributed by atoms with van der Waals surface area (Å²) in [4.78, 5) is 19.0. The SMILES string of the molecule is C=NC[C@@]1(c2ccc3c(N)ncnn23)O[C@H](COP(=O)(O)OC2(COCCCCCCCCCCCCCCCCCC)CC2c2ccccc2)[C@@H](O)[C@H]1O. The number of aliphatic hydroxyl groups is 2. The summed E-state index contributed by atoms with van der Waals surface area (Å²) in [6, 6.07) is 13.0. The molecule has 3 unspecified atom stereocenters. The third kappa shape index (κ3) is 11.7. The van der Waals surface area contributed by atoms with Gasteiger partial charge in [0.05, 0.1) is 25.5 Å². The van der Waals surface area contributed by atoms with Gasteiger partial charge in [-0.3, -0.25) is 14.0 Å². The average Bonchev–Trinajstić information content (AvgIpc) is 3.57. The van der Waals surface area contributed by atoms with Crippen LogP contribution < -0.4 is 5.73 Å². The van der Waals surface area contributed by atoms with Crippen molar-refractivity contribution in [2.45, 2.75) is 152 Å². The topological polar surface area (TPSA) is 183 Å². The highest BCUT2D eigenvalue weighted by molar-refractivity contribution is 7.47. The van der Waals surface area contributed by atoms with Crippen LogP contribution in [0.25, 0.3) is 5.52 Å². The third-order valence-corrected chi connectivity index (χ3v) is 12.3. The Morgan fingerprint density at radius 3 is 2.18 bits per heavy atom. The summed E-state index contributed by atoms with van der Waals surface area (Å²) < 4.78 is 38.6. The Morgan fingerprint density at radius 2 is 1.56 bits per heavy atom. The monoisotopic (exact) mass is 785 g/mol. The molecule has 2 aromatic heterocycles. The molecule has 0 amide bonds. The van der Waals surface area contributed by atoms with Gasteiger partial charge in [0.2, 0.25) is 0 Å². The number of phosphoric acid groups is 1. The predicted molar refractivity (Wildman–Crippen MR) is 214 cm³/mol. The first-order valence-electron chi connectivity index (χ1n) is 20.5. The minimum atomic E-state index is -4.70. The number of aliphatic imine (C=N–C) groups is 1. The molecule has 1 aliphatic heterocycles. The number of aliphatic hydroxyl groups excluding tert-OH is 2. The lowest BCUT2D eigenvalue weighted by atomic mass is 9.91. The number of nitrogens with two attached hydrogens (primary N) is 1. The first kappa shape index (κ1) is 43.4. The number of nitrogen functional groups attached to an aromatic ring is 1. The lowest BCUT2D eigenvalue weighted by molar-refractivity contribution is -0.0954. The van der Waals surface area contributed by atoms with E-state index < -0.39 is 43.9 Å². The highest BCUT2D eigenvalue weighted by Crippen LogP contribution is 2.63. The maximum absolute atomic E-state index is 13.5. The molecule has 1 saturated heterocycles. The number of phosphoric ester groups is 1. The van der Waals surface area contributed by atoms with E-state index in [-0.39, 0.29) is 24.9 Å². The van der Waals surface area contributed by atoms with E-state index in [1.165, 1.54) is 101 Å². The Labute approximate surface area is 326 Å². The quantitative estimate of drug-likeness (QED) is 0.0322. The molecule has 2 fully saturated rings. The Bertz CT molecular complexity index is 1650. The van der Waals surface area contributed by atoms with E-state index in [0.717, 1.165) is 18.4 Å². The molecule has 0 radical (unpaired) electrons. The fraction of sp³-hybridized carbons (Fsp3) is 0.683. The Kier molecular flexibility index (Phi) is 16.7. The van der Waals surface area contributed by atoms with Crippen LogP contribution in [-0.2, 0) is 28.7 Å². The summed E-state index contributed by atoms with van der Waals surface area (Å²) >= 11 is 0. The van der Waals surface area contributed by atoms with Gasteiger partial charge in [-0.15, -0.1) is 0 Å². The van der Waals surface area contributed by atoms with Crippen molar-refractivity contribution < 1.29 is 38.2 Å². The van der Waals surface area contributed by atoms with Gasteiger partial charge in [0.15, 0.2) is 11.4 Å². The maximum atomic E-state index is 13.5. The molecule has 306 valence electrons. The van der Waals surface area contributed by atoms with Gasteiger partial charge >= 0.3 is 7.82 Å². The molecule has 13 nitrogen and oxygen atoms in total. The molecule has 0 spiro atoms. The number of aromatic nitrogens is 3. The van der Waals surface area contributed by atoms with Gasteiger partial charge in [-0.1, -0.05) is 134 Å². The van der Waals surface area contributed by atoms with Crippen molar-refractivity contribution in [3.63, 3.8) is 0 Å². The highest BCUT2D eigenvalue weighted by atomic mass is 31.2. The fourth-order valence-electron chi connectivity index (χ4n) is 7.99. The minimum Gasteiger partial charge on any atom is -0.387 e. The van der Waals surface area contributed by atoms with Gasteiger partial charge in [-0.25, -0.2) is 14.1 Å². The van der Waals surface area contributed by atoms with Crippen LogP contribution in [0, 0.1) is 0 Å². The van der Waals surface area contributed by atoms with Gasteiger partial charge in [0, 0.05) is 12.5 Å². The molecule has 55 heavy (non-hydrogen) atoms. The Morgan fingerprint density at radius 1 is 0.945 bits per heavy atom. The number of benzene rings is 1. The van der Waals surface area contributed by atoms with Gasteiger partial charge in [0.25, 0.3) is 0 Å². The Hall–Kier alpha value is -2.74. The molecule has 14 heteroatoms. The second-order valence-electron chi connectivity index (χ2n) is 15.5. The second kappa shape index (κ2) is 21.1. The van der Waals surface area contributed by atoms with Crippen LogP contribution in [-0.4, -0.2) is 86.7 Å². The Balaban J connectivity index is 1.05. The summed E-state index contributed by atoms with van der Waals surface area (Å²) in [7, 11) is -4.70.